The van der Waals surface area contributed by atoms with E-state index in [1.807, 2.05) is 12.1 Å². The average Bonchev–Trinajstić information content (AvgIpc) is 3.06. The standard InChI is InChI=1S/C20H18Cl2N2O2S/c1-3-6-17-18(12-9-10-14(21)15(22)11-12)23-20(27-17)24-19(25)13-7-4-5-8-16(13)26-2/h4-5,7-11H,3,6H2,1-2H3,(H,23,24,25). The average molecular weight is 421 g/mol. The fourth-order valence-electron chi connectivity index (χ4n) is 2.67. The number of hydrogen-bond acceptors (Lipinski definition) is 4. The van der Waals surface area contributed by atoms with Crippen molar-refractivity contribution in [3.05, 3.63) is 63.0 Å². The van der Waals surface area contributed by atoms with E-state index < -0.39 is 0 Å². The number of thiazole rings is 1. The molecule has 3 rings (SSSR count). The summed E-state index contributed by atoms with van der Waals surface area (Å²) in [5.74, 6) is 0.259. The maximum absolute atomic E-state index is 12.6. The maximum atomic E-state index is 12.6. The van der Waals surface area contributed by atoms with E-state index in [1.165, 1.54) is 18.4 Å². The highest BCUT2D eigenvalue weighted by Gasteiger charge is 2.17. The summed E-state index contributed by atoms with van der Waals surface area (Å²) in [4.78, 5) is 18.4. The molecule has 0 fully saturated rings. The normalized spacial score (nSPS) is 10.7. The lowest BCUT2D eigenvalue weighted by Crippen LogP contribution is -2.12. The summed E-state index contributed by atoms with van der Waals surface area (Å²) < 4.78 is 5.26. The number of aromatic nitrogens is 1. The number of amides is 1. The van der Waals surface area contributed by atoms with Crippen LogP contribution in [0.15, 0.2) is 42.5 Å². The Kier molecular flexibility index (Phi) is 6.37. The van der Waals surface area contributed by atoms with Crippen LogP contribution in [0.2, 0.25) is 10.0 Å². The van der Waals surface area contributed by atoms with Gasteiger partial charge < -0.3 is 4.74 Å². The van der Waals surface area contributed by atoms with E-state index in [4.69, 9.17) is 27.9 Å². The number of benzene rings is 2. The van der Waals surface area contributed by atoms with Crippen molar-refractivity contribution in [1.29, 1.82) is 0 Å². The zero-order chi connectivity index (χ0) is 19.4. The van der Waals surface area contributed by atoms with Crippen molar-refractivity contribution in [2.45, 2.75) is 19.8 Å². The predicted molar refractivity (Wildman–Crippen MR) is 113 cm³/mol. The van der Waals surface area contributed by atoms with Gasteiger partial charge in [0.1, 0.15) is 5.75 Å². The molecule has 0 atom stereocenters. The van der Waals surface area contributed by atoms with Crippen molar-refractivity contribution in [3.8, 4) is 17.0 Å². The van der Waals surface area contributed by atoms with Crippen LogP contribution in [0.1, 0.15) is 28.6 Å². The molecule has 1 heterocycles. The molecule has 7 heteroatoms. The third-order valence-electron chi connectivity index (χ3n) is 3.94. The molecular formula is C20H18Cl2N2O2S. The van der Waals surface area contributed by atoms with Crippen LogP contribution in [0.25, 0.3) is 11.3 Å². The minimum absolute atomic E-state index is 0.259. The van der Waals surface area contributed by atoms with Crippen molar-refractivity contribution in [3.63, 3.8) is 0 Å². The molecule has 2 aromatic carbocycles. The Morgan fingerprint density at radius 2 is 1.96 bits per heavy atom. The number of methoxy groups -OCH3 is 1. The monoisotopic (exact) mass is 420 g/mol. The van der Waals surface area contributed by atoms with E-state index in [1.54, 1.807) is 30.3 Å². The van der Waals surface area contributed by atoms with Crippen LogP contribution in [-0.4, -0.2) is 18.0 Å². The van der Waals surface area contributed by atoms with Gasteiger partial charge in [0.2, 0.25) is 0 Å². The minimum atomic E-state index is -0.259. The topological polar surface area (TPSA) is 51.2 Å². The van der Waals surface area contributed by atoms with Gasteiger partial charge in [0, 0.05) is 10.4 Å². The molecule has 0 unspecified atom stereocenters. The van der Waals surface area contributed by atoms with Crippen LogP contribution in [0, 0.1) is 0 Å². The quantitative estimate of drug-likeness (QED) is 0.506. The molecular weight excluding hydrogens is 403 g/mol. The Hall–Kier alpha value is -2.08. The summed E-state index contributed by atoms with van der Waals surface area (Å²) >= 11 is 13.6. The number of para-hydroxylation sites is 1. The summed E-state index contributed by atoms with van der Waals surface area (Å²) in [5, 5.41) is 4.39. The number of rotatable bonds is 6. The zero-order valence-corrected chi connectivity index (χ0v) is 17.2. The number of aryl methyl sites for hydroxylation is 1. The van der Waals surface area contributed by atoms with E-state index in [0.29, 0.717) is 26.5 Å². The van der Waals surface area contributed by atoms with Gasteiger partial charge in [-0.15, -0.1) is 11.3 Å². The number of ether oxygens (including phenoxy) is 1. The smallest absolute Gasteiger partial charge is 0.261 e. The van der Waals surface area contributed by atoms with Crippen LogP contribution >= 0.6 is 34.5 Å². The molecule has 4 nitrogen and oxygen atoms in total. The highest BCUT2D eigenvalue weighted by molar-refractivity contribution is 7.16. The van der Waals surface area contributed by atoms with Crippen molar-refractivity contribution < 1.29 is 9.53 Å². The van der Waals surface area contributed by atoms with Gasteiger partial charge in [0.15, 0.2) is 5.13 Å². The third kappa shape index (κ3) is 4.43. The summed E-state index contributed by atoms with van der Waals surface area (Å²) in [6, 6.07) is 12.5. The summed E-state index contributed by atoms with van der Waals surface area (Å²) in [6.45, 7) is 2.10. The van der Waals surface area contributed by atoms with E-state index >= 15 is 0 Å². The summed E-state index contributed by atoms with van der Waals surface area (Å²) in [7, 11) is 1.54. The van der Waals surface area contributed by atoms with Crippen molar-refractivity contribution in [2.75, 3.05) is 12.4 Å². The van der Waals surface area contributed by atoms with Gasteiger partial charge >= 0.3 is 0 Å². The van der Waals surface area contributed by atoms with Crippen LogP contribution in [0.5, 0.6) is 5.75 Å². The van der Waals surface area contributed by atoms with E-state index in [9.17, 15) is 4.79 Å². The Morgan fingerprint density at radius 3 is 2.67 bits per heavy atom. The molecule has 0 spiro atoms. The van der Waals surface area contributed by atoms with Gasteiger partial charge in [-0.1, -0.05) is 54.7 Å². The molecule has 0 aliphatic carbocycles. The zero-order valence-electron chi connectivity index (χ0n) is 14.9. The highest BCUT2D eigenvalue weighted by Crippen LogP contribution is 2.35. The van der Waals surface area contributed by atoms with Crippen LogP contribution in [0.4, 0.5) is 5.13 Å². The number of nitrogens with zero attached hydrogens (tertiary/aromatic N) is 1. The number of nitrogens with one attached hydrogen (secondary N) is 1. The Balaban J connectivity index is 1.92. The molecule has 0 radical (unpaired) electrons. The van der Waals surface area contributed by atoms with E-state index in [-0.39, 0.29) is 5.91 Å². The summed E-state index contributed by atoms with van der Waals surface area (Å²) in [6.07, 6.45) is 1.83. The number of halogens is 2. The molecule has 1 amide bonds. The number of carbonyl (C=O) groups excluding carboxylic acids is 1. The lowest BCUT2D eigenvalue weighted by Gasteiger charge is -2.07. The first-order valence-corrected chi connectivity index (χ1v) is 10.00. The second-order valence-electron chi connectivity index (χ2n) is 5.82. The molecule has 0 bridgehead atoms. The molecule has 0 saturated heterocycles. The van der Waals surface area contributed by atoms with Crippen LogP contribution in [-0.2, 0) is 6.42 Å². The first-order valence-electron chi connectivity index (χ1n) is 8.43. The van der Waals surface area contributed by atoms with Crippen LogP contribution in [0.3, 0.4) is 0 Å². The number of anilines is 1. The molecule has 3 aromatic rings. The van der Waals surface area contributed by atoms with Crippen molar-refractivity contribution in [2.24, 2.45) is 0 Å². The molecule has 0 aliphatic rings. The van der Waals surface area contributed by atoms with Crippen molar-refractivity contribution >= 4 is 45.6 Å². The summed E-state index contributed by atoms with van der Waals surface area (Å²) in [5.41, 5.74) is 2.15. The molecule has 0 saturated carbocycles. The maximum Gasteiger partial charge on any atom is 0.261 e. The van der Waals surface area contributed by atoms with Gasteiger partial charge in [-0.2, -0.15) is 0 Å². The SMILES string of the molecule is CCCc1sc(NC(=O)c2ccccc2OC)nc1-c1ccc(Cl)c(Cl)c1. The lowest BCUT2D eigenvalue weighted by atomic mass is 10.1. The van der Waals surface area contributed by atoms with Crippen LogP contribution < -0.4 is 10.1 Å². The van der Waals surface area contributed by atoms with Gasteiger partial charge in [-0.05, 0) is 30.7 Å². The Bertz CT molecular complexity index is 972. The number of carbonyl (C=O) groups is 1. The van der Waals surface area contributed by atoms with Gasteiger partial charge in [0.05, 0.1) is 28.4 Å². The Labute approximate surface area is 172 Å². The van der Waals surface area contributed by atoms with E-state index in [2.05, 4.69) is 17.2 Å². The van der Waals surface area contributed by atoms with Gasteiger partial charge in [-0.3, -0.25) is 10.1 Å². The third-order valence-corrected chi connectivity index (χ3v) is 5.71. The highest BCUT2D eigenvalue weighted by atomic mass is 35.5. The first-order chi connectivity index (χ1) is 13.0. The molecule has 27 heavy (non-hydrogen) atoms. The minimum Gasteiger partial charge on any atom is -0.496 e. The second kappa shape index (κ2) is 8.74. The second-order valence-corrected chi connectivity index (χ2v) is 7.72. The van der Waals surface area contributed by atoms with Gasteiger partial charge in [-0.25, -0.2) is 4.98 Å². The Morgan fingerprint density at radius 1 is 1.19 bits per heavy atom. The van der Waals surface area contributed by atoms with E-state index in [0.717, 1.165) is 29.0 Å². The molecule has 0 aliphatic heterocycles. The molecule has 1 N–H and O–H groups in total. The van der Waals surface area contributed by atoms with Crippen molar-refractivity contribution in [1.82, 2.24) is 4.98 Å². The largest absolute Gasteiger partial charge is 0.496 e. The van der Waals surface area contributed by atoms with Gasteiger partial charge in [0.25, 0.3) is 5.91 Å². The molecule has 1 aromatic heterocycles. The fourth-order valence-corrected chi connectivity index (χ4v) is 4.05. The lowest BCUT2D eigenvalue weighted by molar-refractivity contribution is 0.102. The first kappa shape index (κ1) is 19.7. The number of hydrogen-bond donors (Lipinski definition) is 1. The predicted octanol–water partition coefficient (Wildman–Crippen LogP) is 6.33. The fraction of sp³-hybridized carbons (Fsp3) is 0.200. The molecule has 140 valence electrons.